The summed E-state index contributed by atoms with van der Waals surface area (Å²) >= 11 is 0. The molecule has 0 unspecified atom stereocenters. The minimum absolute atomic E-state index is 0.0240. The maximum atomic E-state index is 12.9. The van der Waals surface area contributed by atoms with Crippen LogP contribution in [0.1, 0.15) is 47.4 Å². The van der Waals surface area contributed by atoms with E-state index in [1.807, 2.05) is 43.3 Å². The van der Waals surface area contributed by atoms with Gasteiger partial charge in [0.15, 0.2) is 0 Å². The Bertz CT molecular complexity index is 1150. The summed E-state index contributed by atoms with van der Waals surface area (Å²) in [5.74, 6) is 0.565. The average molecular weight is 448 g/mol. The molecule has 33 heavy (non-hydrogen) atoms. The monoisotopic (exact) mass is 447 g/mol. The van der Waals surface area contributed by atoms with Crippen LogP contribution < -0.4 is 11.0 Å². The zero-order chi connectivity index (χ0) is 23.2. The van der Waals surface area contributed by atoms with Crippen molar-refractivity contribution in [2.24, 2.45) is 0 Å². The number of nitrogens with one attached hydrogen (secondary N) is 1. The first-order chi connectivity index (χ1) is 16.1. The number of aromatic nitrogens is 3. The van der Waals surface area contributed by atoms with Crippen molar-refractivity contribution < 1.29 is 9.59 Å². The normalized spacial score (nSPS) is 14.3. The van der Waals surface area contributed by atoms with E-state index in [4.69, 9.17) is 0 Å². The summed E-state index contributed by atoms with van der Waals surface area (Å²) in [5, 5.41) is 7.37. The Morgan fingerprint density at radius 2 is 1.64 bits per heavy atom. The predicted molar refractivity (Wildman–Crippen MR) is 125 cm³/mol. The van der Waals surface area contributed by atoms with Crippen molar-refractivity contribution in [2.45, 2.75) is 38.8 Å². The van der Waals surface area contributed by atoms with Crippen LogP contribution >= 0.6 is 0 Å². The molecule has 0 spiro atoms. The zero-order valence-corrected chi connectivity index (χ0v) is 18.8. The molecule has 4 rings (SSSR count). The van der Waals surface area contributed by atoms with Gasteiger partial charge in [-0.05, 0) is 37.5 Å². The topological polar surface area (TPSA) is 89.2 Å². The first-order valence-corrected chi connectivity index (χ1v) is 11.4. The molecule has 2 amide bonds. The number of carbonyl (C=O) groups is 2. The number of carbonyl (C=O) groups excluding carboxylic acids is 2. The Kier molecular flexibility index (Phi) is 7.02. The molecule has 0 aliphatic carbocycles. The summed E-state index contributed by atoms with van der Waals surface area (Å²) in [4.78, 5) is 39.4. The first-order valence-electron chi connectivity index (χ1n) is 11.4. The van der Waals surface area contributed by atoms with E-state index in [9.17, 15) is 14.4 Å². The summed E-state index contributed by atoms with van der Waals surface area (Å²) in [6.45, 7) is 4.09. The highest BCUT2D eigenvalue weighted by Crippen LogP contribution is 2.26. The molecule has 8 nitrogen and oxygen atoms in total. The van der Waals surface area contributed by atoms with Crippen LogP contribution in [0.2, 0.25) is 0 Å². The van der Waals surface area contributed by atoms with Gasteiger partial charge < -0.3 is 10.2 Å². The van der Waals surface area contributed by atoms with Crippen molar-refractivity contribution in [2.75, 3.05) is 19.6 Å². The van der Waals surface area contributed by atoms with Gasteiger partial charge in [-0.15, -0.1) is 0 Å². The van der Waals surface area contributed by atoms with Gasteiger partial charge in [0.25, 0.3) is 5.91 Å². The average Bonchev–Trinajstić information content (AvgIpc) is 3.18. The SMILES string of the molecule is CCn1c(C2CCN(C(=O)CNC(=O)c3ccccc3)CC2)nn(Cc2ccccc2)c1=O. The van der Waals surface area contributed by atoms with Gasteiger partial charge in [-0.25, -0.2) is 9.48 Å². The molecule has 8 heteroatoms. The second-order valence-corrected chi connectivity index (χ2v) is 8.23. The maximum absolute atomic E-state index is 12.9. The Morgan fingerprint density at radius 3 is 2.27 bits per heavy atom. The lowest BCUT2D eigenvalue weighted by atomic mass is 9.96. The molecule has 1 N–H and O–H groups in total. The maximum Gasteiger partial charge on any atom is 0.346 e. The van der Waals surface area contributed by atoms with E-state index >= 15 is 0 Å². The third-order valence-corrected chi connectivity index (χ3v) is 6.09. The Labute approximate surface area is 192 Å². The van der Waals surface area contributed by atoms with Gasteiger partial charge >= 0.3 is 5.69 Å². The summed E-state index contributed by atoms with van der Waals surface area (Å²) in [7, 11) is 0. The van der Waals surface area contributed by atoms with Gasteiger partial charge in [0.1, 0.15) is 5.82 Å². The second-order valence-electron chi connectivity index (χ2n) is 8.23. The van der Waals surface area contributed by atoms with Crippen LogP contribution in [0.3, 0.4) is 0 Å². The highest BCUT2D eigenvalue weighted by Gasteiger charge is 2.28. The number of benzene rings is 2. The van der Waals surface area contributed by atoms with E-state index in [1.165, 1.54) is 4.68 Å². The zero-order valence-electron chi connectivity index (χ0n) is 18.8. The second kappa shape index (κ2) is 10.3. The lowest BCUT2D eigenvalue weighted by Crippen LogP contribution is -2.44. The van der Waals surface area contributed by atoms with Gasteiger partial charge in [0.2, 0.25) is 5.91 Å². The van der Waals surface area contributed by atoms with Crippen LogP contribution in [0.5, 0.6) is 0 Å². The molecule has 0 bridgehead atoms. The number of likely N-dealkylation sites (tertiary alicyclic amines) is 1. The summed E-state index contributed by atoms with van der Waals surface area (Å²) < 4.78 is 3.27. The molecule has 0 atom stereocenters. The summed E-state index contributed by atoms with van der Waals surface area (Å²) in [6.07, 6.45) is 1.47. The van der Waals surface area contributed by atoms with Crippen molar-refractivity contribution in [1.29, 1.82) is 0 Å². The predicted octanol–water partition coefficient (Wildman–Crippen LogP) is 2.25. The van der Waals surface area contributed by atoms with Crippen molar-refractivity contribution >= 4 is 11.8 Å². The number of rotatable bonds is 7. The fraction of sp³-hybridized carbons (Fsp3) is 0.360. The molecule has 1 aromatic heterocycles. The van der Waals surface area contributed by atoms with Gasteiger partial charge in [-0.3, -0.25) is 14.2 Å². The molecule has 1 fully saturated rings. The molecule has 2 heterocycles. The quantitative estimate of drug-likeness (QED) is 0.602. The van der Waals surface area contributed by atoms with Crippen molar-refractivity contribution in [3.05, 3.63) is 88.1 Å². The molecule has 0 saturated carbocycles. The first kappa shape index (κ1) is 22.5. The molecule has 3 aromatic rings. The minimum Gasteiger partial charge on any atom is -0.343 e. The minimum atomic E-state index is -0.255. The van der Waals surface area contributed by atoms with E-state index in [2.05, 4.69) is 10.4 Å². The Balaban J connectivity index is 1.35. The molecule has 0 radical (unpaired) electrons. The van der Waals surface area contributed by atoms with E-state index in [0.29, 0.717) is 31.7 Å². The number of nitrogens with zero attached hydrogens (tertiary/aromatic N) is 4. The number of hydrogen-bond donors (Lipinski definition) is 1. The molecule has 1 aliphatic rings. The third-order valence-electron chi connectivity index (χ3n) is 6.09. The Hall–Kier alpha value is -3.68. The van der Waals surface area contributed by atoms with E-state index in [-0.39, 0.29) is 30.0 Å². The van der Waals surface area contributed by atoms with Gasteiger partial charge in [-0.2, -0.15) is 5.10 Å². The molecule has 1 saturated heterocycles. The molecule has 2 aromatic carbocycles. The third kappa shape index (κ3) is 5.22. The fourth-order valence-electron chi connectivity index (χ4n) is 4.26. The lowest BCUT2D eigenvalue weighted by molar-refractivity contribution is -0.131. The van der Waals surface area contributed by atoms with Gasteiger partial charge in [0, 0.05) is 31.1 Å². The van der Waals surface area contributed by atoms with E-state index in [1.54, 1.807) is 33.7 Å². The van der Waals surface area contributed by atoms with Gasteiger partial charge in [0.05, 0.1) is 13.1 Å². The molecular weight excluding hydrogens is 418 g/mol. The fourth-order valence-corrected chi connectivity index (χ4v) is 4.26. The van der Waals surface area contributed by atoms with Crippen LogP contribution in [0, 0.1) is 0 Å². The van der Waals surface area contributed by atoms with E-state index in [0.717, 1.165) is 24.2 Å². The van der Waals surface area contributed by atoms with Crippen molar-refractivity contribution in [3.8, 4) is 0 Å². The van der Waals surface area contributed by atoms with Crippen LogP contribution in [0.25, 0.3) is 0 Å². The summed E-state index contributed by atoms with van der Waals surface area (Å²) in [5.41, 5.74) is 1.47. The van der Waals surface area contributed by atoms with Crippen LogP contribution in [-0.2, 0) is 17.9 Å². The molecular formula is C25H29N5O3. The van der Waals surface area contributed by atoms with Crippen molar-refractivity contribution in [1.82, 2.24) is 24.6 Å². The van der Waals surface area contributed by atoms with Crippen LogP contribution in [0.15, 0.2) is 65.5 Å². The van der Waals surface area contributed by atoms with Gasteiger partial charge in [-0.1, -0.05) is 48.5 Å². The number of piperidine rings is 1. The summed E-state index contributed by atoms with van der Waals surface area (Å²) in [6, 6.07) is 18.7. The standard InChI is InChI=1S/C25H29N5O3/c1-2-29-23(27-30(25(29)33)18-19-9-5-3-6-10-19)20-13-15-28(16-14-20)22(31)17-26-24(32)21-11-7-4-8-12-21/h3-12,20H,2,13-18H2,1H3,(H,26,32). The van der Waals surface area contributed by atoms with E-state index < -0.39 is 0 Å². The van der Waals surface area contributed by atoms with Crippen LogP contribution in [0.4, 0.5) is 0 Å². The van der Waals surface area contributed by atoms with Crippen LogP contribution in [-0.4, -0.2) is 50.7 Å². The number of amides is 2. The highest BCUT2D eigenvalue weighted by molar-refractivity contribution is 5.96. The Morgan fingerprint density at radius 1 is 1.00 bits per heavy atom. The largest absolute Gasteiger partial charge is 0.346 e. The highest BCUT2D eigenvalue weighted by atomic mass is 16.2. The lowest BCUT2D eigenvalue weighted by Gasteiger charge is -2.31. The molecule has 172 valence electrons. The smallest absolute Gasteiger partial charge is 0.343 e. The van der Waals surface area contributed by atoms with Crippen molar-refractivity contribution in [3.63, 3.8) is 0 Å². The molecule has 1 aliphatic heterocycles. The number of hydrogen-bond acceptors (Lipinski definition) is 4.